The number of methoxy groups -OCH3 is 1. The maximum atomic E-state index is 12.3. The fourth-order valence-corrected chi connectivity index (χ4v) is 2.45. The Morgan fingerprint density at radius 3 is 2.80 bits per heavy atom. The number of nitrogens with one attached hydrogen (secondary N) is 1. The van der Waals surface area contributed by atoms with Gasteiger partial charge in [0.1, 0.15) is 11.8 Å². The number of aliphatic imine (C=N–C) groups is 1. The Balaban J connectivity index is 1.76. The molecule has 0 aromatic heterocycles. The zero-order valence-electron chi connectivity index (χ0n) is 11.1. The number of hydrogen-bond donors (Lipinski definition) is 1. The van der Waals surface area contributed by atoms with Crippen LogP contribution in [0.15, 0.2) is 29.3 Å². The summed E-state index contributed by atoms with van der Waals surface area (Å²) in [5.74, 6) is 0.506. The molecule has 0 unspecified atom stereocenters. The van der Waals surface area contributed by atoms with E-state index in [0.717, 1.165) is 11.3 Å². The lowest BCUT2D eigenvalue weighted by atomic mass is 10.0. The van der Waals surface area contributed by atoms with Crippen LogP contribution in [-0.2, 0) is 11.3 Å². The molecule has 3 rings (SSSR count). The van der Waals surface area contributed by atoms with E-state index in [1.165, 1.54) is 4.90 Å². The van der Waals surface area contributed by atoms with E-state index in [0.29, 0.717) is 6.42 Å². The molecule has 0 saturated carbocycles. The Hall–Kier alpha value is -2.37. The maximum absolute atomic E-state index is 12.3. The molecule has 0 bridgehead atoms. The standard InChI is InChI=1S/C14H15N3O3/c1-20-10-4-2-9(3-5-10)8-17-13(18)12-11(6-7-15-12)16-14(17)19/h2-5,7,11-12H,6,8H2,1H3,(H,16,19)/t11-,12+/m1/s1. The Kier molecular flexibility index (Phi) is 3.14. The van der Waals surface area contributed by atoms with Gasteiger partial charge in [-0.2, -0.15) is 0 Å². The lowest BCUT2D eigenvalue weighted by molar-refractivity contribution is -0.131. The highest BCUT2D eigenvalue weighted by Crippen LogP contribution is 2.21. The molecule has 20 heavy (non-hydrogen) atoms. The van der Waals surface area contributed by atoms with Crippen LogP contribution < -0.4 is 10.1 Å². The first kappa shape index (κ1) is 12.7. The third kappa shape index (κ3) is 2.13. The van der Waals surface area contributed by atoms with Gasteiger partial charge in [-0.1, -0.05) is 12.1 Å². The number of hydrogen-bond acceptors (Lipinski definition) is 4. The van der Waals surface area contributed by atoms with Crippen molar-refractivity contribution in [2.45, 2.75) is 25.0 Å². The number of urea groups is 1. The highest BCUT2D eigenvalue weighted by molar-refractivity contribution is 6.02. The topological polar surface area (TPSA) is 71.0 Å². The van der Waals surface area contributed by atoms with E-state index in [1.807, 2.05) is 12.1 Å². The highest BCUT2D eigenvalue weighted by Gasteiger charge is 2.42. The Bertz CT molecular complexity index is 568. The van der Waals surface area contributed by atoms with Gasteiger partial charge in [-0.05, 0) is 17.7 Å². The van der Waals surface area contributed by atoms with Crippen molar-refractivity contribution in [1.82, 2.24) is 10.2 Å². The smallest absolute Gasteiger partial charge is 0.324 e. The monoisotopic (exact) mass is 273 g/mol. The van der Waals surface area contributed by atoms with Gasteiger partial charge in [0, 0.05) is 12.6 Å². The van der Waals surface area contributed by atoms with Crippen molar-refractivity contribution in [1.29, 1.82) is 0 Å². The van der Waals surface area contributed by atoms with Gasteiger partial charge in [0.15, 0.2) is 0 Å². The van der Waals surface area contributed by atoms with Crippen molar-refractivity contribution < 1.29 is 14.3 Å². The number of fused-ring (bicyclic) bond motifs is 1. The van der Waals surface area contributed by atoms with Crippen LogP contribution in [-0.4, -0.2) is 42.2 Å². The van der Waals surface area contributed by atoms with Gasteiger partial charge in [-0.3, -0.25) is 14.7 Å². The Morgan fingerprint density at radius 1 is 1.35 bits per heavy atom. The van der Waals surface area contributed by atoms with E-state index < -0.39 is 6.04 Å². The molecule has 1 aromatic rings. The summed E-state index contributed by atoms with van der Waals surface area (Å²) < 4.78 is 5.08. The van der Waals surface area contributed by atoms with Gasteiger partial charge in [0.2, 0.25) is 0 Å². The fraction of sp³-hybridized carbons (Fsp3) is 0.357. The molecule has 2 atom stereocenters. The molecular formula is C14H15N3O3. The molecule has 2 aliphatic heterocycles. The molecular weight excluding hydrogens is 258 g/mol. The lowest BCUT2D eigenvalue weighted by Gasteiger charge is -2.32. The first-order valence-electron chi connectivity index (χ1n) is 6.45. The molecule has 6 heteroatoms. The molecule has 0 radical (unpaired) electrons. The average molecular weight is 273 g/mol. The second-order valence-corrected chi connectivity index (χ2v) is 4.84. The van der Waals surface area contributed by atoms with Crippen LogP contribution in [0.3, 0.4) is 0 Å². The SMILES string of the molecule is COc1ccc(CN2C(=O)N[C@@H]3CC=N[C@@H]3C2=O)cc1. The van der Waals surface area contributed by atoms with E-state index in [9.17, 15) is 9.59 Å². The van der Waals surface area contributed by atoms with E-state index in [-0.39, 0.29) is 24.5 Å². The van der Waals surface area contributed by atoms with Crippen LogP contribution >= 0.6 is 0 Å². The molecule has 1 N–H and O–H groups in total. The summed E-state index contributed by atoms with van der Waals surface area (Å²) in [5, 5.41) is 2.82. The number of ether oxygens (including phenoxy) is 1. The summed E-state index contributed by atoms with van der Waals surface area (Å²) in [5.41, 5.74) is 0.870. The molecule has 3 amide bonds. The number of imide groups is 1. The van der Waals surface area contributed by atoms with Crippen LogP contribution in [0.4, 0.5) is 4.79 Å². The van der Waals surface area contributed by atoms with Crippen molar-refractivity contribution in [3.05, 3.63) is 29.8 Å². The Labute approximate surface area is 116 Å². The largest absolute Gasteiger partial charge is 0.497 e. The van der Waals surface area contributed by atoms with Gasteiger partial charge in [-0.25, -0.2) is 4.79 Å². The molecule has 1 aromatic carbocycles. The minimum Gasteiger partial charge on any atom is -0.497 e. The number of rotatable bonds is 3. The molecule has 0 aliphatic carbocycles. The van der Waals surface area contributed by atoms with Gasteiger partial charge in [0.05, 0.1) is 19.7 Å². The second-order valence-electron chi connectivity index (χ2n) is 4.84. The van der Waals surface area contributed by atoms with E-state index in [4.69, 9.17) is 4.74 Å². The Morgan fingerprint density at radius 2 is 2.10 bits per heavy atom. The minimum atomic E-state index is -0.467. The van der Waals surface area contributed by atoms with Gasteiger partial charge in [0.25, 0.3) is 5.91 Å². The van der Waals surface area contributed by atoms with Crippen LogP contribution in [0.25, 0.3) is 0 Å². The summed E-state index contributed by atoms with van der Waals surface area (Å²) in [4.78, 5) is 29.6. The molecule has 2 heterocycles. The van der Waals surface area contributed by atoms with E-state index in [2.05, 4.69) is 10.3 Å². The van der Waals surface area contributed by atoms with E-state index in [1.54, 1.807) is 25.5 Å². The first-order valence-corrected chi connectivity index (χ1v) is 6.45. The maximum Gasteiger partial charge on any atom is 0.324 e. The molecule has 104 valence electrons. The predicted molar refractivity (Wildman–Crippen MR) is 72.8 cm³/mol. The van der Waals surface area contributed by atoms with Gasteiger partial charge < -0.3 is 10.1 Å². The molecule has 6 nitrogen and oxygen atoms in total. The third-order valence-electron chi connectivity index (χ3n) is 3.58. The molecule has 0 spiro atoms. The number of nitrogens with zero attached hydrogens (tertiary/aromatic N) is 2. The van der Waals surface area contributed by atoms with Crippen molar-refractivity contribution in [3.8, 4) is 5.75 Å². The van der Waals surface area contributed by atoms with Crippen molar-refractivity contribution in [2.24, 2.45) is 4.99 Å². The molecule has 2 aliphatic rings. The highest BCUT2D eigenvalue weighted by atomic mass is 16.5. The second kappa shape index (κ2) is 4.96. The number of carbonyl (C=O) groups is 2. The average Bonchev–Trinajstić information content (AvgIpc) is 2.92. The zero-order chi connectivity index (χ0) is 14.1. The first-order chi connectivity index (χ1) is 9.69. The zero-order valence-corrected chi connectivity index (χ0v) is 11.1. The number of amides is 3. The van der Waals surface area contributed by atoms with Crippen molar-refractivity contribution >= 4 is 18.2 Å². The molecule has 1 saturated heterocycles. The van der Waals surface area contributed by atoms with Crippen LogP contribution in [0.2, 0.25) is 0 Å². The molecule has 1 fully saturated rings. The van der Waals surface area contributed by atoms with Crippen molar-refractivity contribution in [3.63, 3.8) is 0 Å². The lowest BCUT2D eigenvalue weighted by Crippen LogP contribution is -2.60. The number of benzene rings is 1. The number of carbonyl (C=O) groups excluding carboxylic acids is 2. The fourth-order valence-electron chi connectivity index (χ4n) is 2.45. The van der Waals surface area contributed by atoms with Crippen LogP contribution in [0.1, 0.15) is 12.0 Å². The third-order valence-corrected chi connectivity index (χ3v) is 3.58. The van der Waals surface area contributed by atoms with E-state index >= 15 is 0 Å². The van der Waals surface area contributed by atoms with Crippen molar-refractivity contribution in [2.75, 3.05) is 7.11 Å². The van der Waals surface area contributed by atoms with Crippen LogP contribution in [0, 0.1) is 0 Å². The van der Waals surface area contributed by atoms with Crippen LogP contribution in [0.5, 0.6) is 5.75 Å². The van der Waals surface area contributed by atoms with Gasteiger partial charge >= 0.3 is 6.03 Å². The predicted octanol–water partition coefficient (Wildman–Crippen LogP) is 0.959. The normalized spacial score (nSPS) is 24.6. The van der Waals surface area contributed by atoms with Gasteiger partial charge in [-0.15, -0.1) is 0 Å². The summed E-state index contributed by atoms with van der Waals surface area (Å²) in [7, 11) is 1.59. The quantitative estimate of drug-likeness (QED) is 0.891. The summed E-state index contributed by atoms with van der Waals surface area (Å²) in [6, 6.07) is 6.29. The summed E-state index contributed by atoms with van der Waals surface area (Å²) in [6.07, 6.45) is 2.32. The summed E-state index contributed by atoms with van der Waals surface area (Å²) >= 11 is 0. The summed E-state index contributed by atoms with van der Waals surface area (Å²) in [6.45, 7) is 0.243. The minimum absolute atomic E-state index is 0.179.